The van der Waals surface area contributed by atoms with Gasteiger partial charge in [0.1, 0.15) is 0 Å². The monoisotopic (exact) mass is 359 g/mol. The van der Waals surface area contributed by atoms with Crippen molar-refractivity contribution in [1.82, 2.24) is 10.6 Å². The van der Waals surface area contributed by atoms with Crippen LogP contribution in [0.15, 0.2) is 24.3 Å². The van der Waals surface area contributed by atoms with Crippen molar-refractivity contribution >= 4 is 29.9 Å². The summed E-state index contributed by atoms with van der Waals surface area (Å²) >= 11 is 0. The molecule has 2 amide bonds. The van der Waals surface area contributed by atoms with Crippen LogP contribution < -0.4 is 16.0 Å². The first-order chi connectivity index (χ1) is 10.9. The zero-order chi connectivity index (χ0) is 17.2. The lowest BCUT2D eigenvalue weighted by Gasteiger charge is -2.14. The number of hydrogen-bond donors (Lipinski definition) is 4. The van der Waals surface area contributed by atoms with Gasteiger partial charge in [0.25, 0.3) is 0 Å². The lowest BCUT2D eigenvalue weighted by molar-refractivity contribution is -0.136. The normalized spacial score (nSPS) is 11.5. The van der Waals surface area contributed by atoms with Gasteiger partial charge in [0, 0.05) is 31.9 Å². The van der Waals surface area contributed by atoms with Crippen LogP contribution in [-0.4, -0.2) is 49.8 Å². The number of aliphatic hydroxyl groups excluding tert-OH is 1. The maximum absolute atomic E-state index is 11.8. The molecule has 1 unspecified atom stereocenters. The van der Waals surface area contributed by atoms with E-state index in [-0.39, 0.29) is 18.4 Å². The molecule has 0 fully saturated rings. The first-order valence-corrected chi connectivity index (χ1v) is 7.53. The number of nitrogens with one attached hydrogen (secondary N) is 3. The standard InChI is InChI=1S/C16H25N3O4.ClH/c1-11(2)18-15(21)16(22)19-13-6-4-5-12(9-13)14(20)10-17-7-8-23-3;/h4-6,9,11,14,17,20H,7-8,10H2,1-3H3,(H,18,21)(H,19,22);1H. The van der Waals surface area contributed by atoms with Crippen LogP contribution in [0.1, 0.15) is 25.5 Å². The van der Waals surface area contributed by atoms with Gasteiger partial charge in [-0.3, -0.25) is 9.59 Å². The highest BCUT2D eigenvalue weighted by Crippen LogP contribution is 2.17. The third-order valence-corrected chi connectivity index (χ3v) is 2.98. The van der Waals surface area contributed by atoms with Gasteiger partial charge >= 0.3 is 11.8 Å². The molecule has 1 aromatic carbocycles. The molecule has 0 bridgehead atoms. The Balaban J connectivity index is 0.00000529. The maximum Gasteiger partial charge on any atom is 0.313 e. The first kappa shape index (κ1) is 22.3. The van der Waals surface area contributed by atoms with Crippen LogP contribution in [0.5, 0.6) is 0 Å². The molecule has 0 radical (unpaired) electrons. The van der Waals surface area contributed by atoms with Gasteiger partial charge in [-0.05, 0) is 31.5 Å². The SMILES string of the molecule is COCCNCC(O)c1cccc(NC(=O)C(=O)NC(C)C)c1.Cl. The number of carbonyl (C=O) groups excluding carboxylic acids is 2. The molecule has 0 spiro atoms. The van der Waals surface area contributed by atoms with Gasteiger partial charge in [0.2, 0.25) is 0 Å². The smallest absolute Gasteiger partial charge is 0.313 e. The molecule has 0 heterocycles. The molecule has 4 N–H and O–H groups in total. The molecule has 0 aliphatic rings. The van der Waals surface area contributed by atoms with E-state index in [0.717, 1.165) is 0 Å². The maximum atomic E-state index is 11.8. The minimum absolute atomic E-state index is 0. The summed E-state index contributed by atoms with van der Waals surface area (Å²) in [7, 11) is 1.61. The average molecular weight is 360 g/mol. The summed E-state index contributed by atoms with van der Waals surface area (Å²) in [5.74, 6) is -1.42. The number of hydrogen-bond acceptors (Lipinski definition) is 5. The van der Waals surface area contributed by atoms with Gasteiger partial charge in [-0.15, -0.1) is 12.4 Å². The second kappa shape index (κ2) is 11.8. The van der Waals surface area contributed by atoms with Gasteiger partial charge in [-0.2, -0.15) is 0 Å². The van der Waals surface area contributed by atoms with E-state index in [1.807, 2.05) is 0 Å². The van der Waals surface area contributed by atoms with Crippen LogP contribution in [0.2, 0.25) is 0 Å². The zero-order valence-electron chi connectivity index (χ0n) is 14.2. The van der Waals surface area contributed by atoms with Crippen LogP contribution in [0, 0.1) is 0 Å². The Hall–Kier alpha value is -1.67. The molecule has 0 aliphatic carbocycles. The molecule has 8 heteroatoms. The number of amides is 2. The Labute approximate surface area is 148 Å². The number of benzene rings is 1. The van der Waals surface area contributed by atoms with E-state index in [9.17, 15) is 14.7 Å². The number of carbonyl (C=O) groups is 2. The number of anilines is 1. The second-order valence-corrected chi connectivity index (χ2v) is 5.42. The predicted molar refractivity (Wildman–Crippen MR) is 95.3 cm³/mol. The molecular weight excluding hydrogens is 334 g/mol. The summed E-state index contributed by atoms with van der Waals surface area (Å²) in [5, 5.41) is 18.2. The van der Waals surface area contributed by atoms with Crippen molar-refractivity contribution in [3.8, 4) is 0 Å². The van der Waals surface area contributed by atoms with Gasteiger partial charge in [-0.1, -0.05) is 12.1 Å². The third-order valence-electron chi connectivity index (χ3n) is 2.98. The first-order valence-electron chi connectivity index (χ1n) is 7.53. The summed E-state index contributed by atoms with van der Waals surface area (Å²) in [6, 6.07) is 6.66. The molecule has 1 atom stereocenters. The van der Waals surface area contributed by atoms with Crippen molar-refractivity contribution < 1.29 is 19.4 Å². The third kappa shape index (κ3) is 8.26. The molecule has 0 aliphatic heterocycles. The van der Waals surface area contributed by atoms with Crippen molar-refractivity contribution in [1.29, 1.82) is 0 Å². The van der Waals surface area contributed by atoms with Crippen LogP contribution in [-0.2, 0) is 14.3 Å². The molecule has 7 nitrogen and oxygen atoms in total. The predicted octanol–water partition coefficient (Wildman–Crippen LogP) is 0.841. The molecule has 24 heavy (non-hydrogen) atoms. The van der Waals surface area contributed by atoms with Crippen LogP contribution in [0.25, 0.3) is 0 Å². The Morgan fingerprint density at radius 2 is 1.96 bits per heavy atom. The highest BCUT2D eigenvalue weighted by atomic mass is 35.5. The van der Waals surface area contributed by atoms with Crippen molar-refractivity contribution in [2.45, 2.75) is 26.0 Å². The minimum Gasteiger partial charge on any atom is -0.387 e. The van der Waals surface area contributed by atoms with Crippen LogP contribution >= 0.6 is 12.4 Å². The topological polar surface area (TPSA) is 99.7 Å². The molecule has 0 saturated heterocycles. The van der Waals surface area contributed by atoms with Gasteiger partial charge < -0.3 is 25.8 Å². The quantitative estimate of drug-likeness (QED) is 0.407. The summed E-state index contributed by atoms with van der Waals surface area (Å²) in [4.78, 5) is 23.3. The number of rotatable bonds is 8. The van der Waals surface area contributed by atoms with Crippen LogP contribution in [0.3, 0.4) is 0 Å². The van der Waals surface area contributed by atoms with E-state index in [1.54, 1.807) is 45.2 Å². The summed E-state index contributed by atoms with van der Waals surface area (Å²) in [5.41, 5.74) is 1.11. The van der Waals surface area contributed by atoms with Crippen molar-refractivity contribution in [2.75, 3.05) is 32.1 Å². The van der Waals surface area contributed by atoms with Crippen molar-refractivity contribution in [3.63, 3.8) is 0 Å². The minimum atomic E-state index is -0.733. The second-order valence-electron chi connectivity index (χ2n) is 5.42. The fourth-order valence-electron chi connectivity index (χ4n) is 1.87. The molecule has 136 valence electrons. The van der Waals surface area contributed by atoms with E-state index in [2.05, 4.69) is 16.0 Å². The molecular formula is C16H26ClN3O4. The van der Waals surface area contributed by atoms with Crippen molar-refractivity contribution in [3.05, 3.63) is 29.8 Å². The molecule has 0 aromatic heterocycles. The highest BCUT2D eigenvalue weighted by Gasteiger charge is 2.15. The summed E-state index contributed by atoms with van der Waals surface area (Å²) in [6.07, 6.45) is -0.715. The van der Waals surface area contributed by atoms with Crippen LogP contribution in [0.4, 0.5) is 5.69 Å². The Morgan fingerprint density at radius 1 is 1.25 bits per heavy atom. The Morgan fingerprint density at radius 3 is 2.58 bits per heavy atom. The number of aliphatic hydroxyl groups is 1. The highest BCUT2D eigenvalue weighted by molar-refractivity contribution is 6.39. The van der Waals surface area contributed by atoms with E-state index in [0.29, 0.717) is 30.9 Å². The largest absolute Gasteiger partial charge is 0.387 e. The average Bonchev–Trinajstić information content (AvgIpc) is 2.51. The van der Waals surface area contributed by atoms with E-state index < -0.39 is 17.9 Å². The summed E-state index contributed by atoms with van der Waals surface area (Å²) in [6.45, 7) is 5.12. The van der Waals surface area contributed by atoms with Gasteiger partial charge in [-0.25, -0.2) is 0 Å². The lowest BCUT2D eigenvalue weighted by Crippen LogP contribution is -2.39. The van der Waals surface area contributed by atoms with Gasteiger partial charge in [0.15, 0.2) is 0 Å². The van der Waals surface area contributed by atoms with Gasteiger partial charge in [0.05, 0.1) is 12.7 Å². The van der Waals surface area contributed by atoms with E-state index in [4.69, 9.17) is 4.74 Å². The Kier molecular flexibility index (Phi) is 11.0. The fourth-order valence-corrected chi connectivity index (χ4v) is 1.87. The lowest BCUT2D eigenvalue weighted by atomic mass is 10.1. The number of methoxy groups -OCH3 is 1. The number of halogens is 1. The van der Waals surface area contributed by atoms with E-state index in [1.165, 1.54) is 0 Å². The van der Waals surface area contributed by atoms with Crippen molar-refractivity contribution in [2.24, 2.45) is 0 Å². The number of ether oxygens (including phenoxy) is 1. The molecule has 1 rings (SSSR count). The molecule has 1 aromatic rings. The van der Waals surface area contributed by atoms with E-state index >= 15 is 0 Å². The fraction of sp³-hybridized carbons (Fsp3) is 0.500. The Bertz CT molecular complexity index is 526. The summed E-state index contributed by atoms with van der Waals surface area (Å²) < 4.78 is 4.91. The molecule has 0 saturated carbocycles. The zero-order valence-corrected chi connectivity index (χ0v) is 15.0.